The first-order valence-corrected chi connectivity index (χ1v) is 11.1. The maximum absolute atomic E-state index is 12.8. The maximum atomic E-state index is 12.8. The lowest BCUT2D eigenvalue weighted by Gasteiger charge is -2.25. The summed E-state index contributed by atoms with van der Waals surface area (Å²) in [5, 5.41) is 2.80. The van der Waals surface area contributed by atoms with Gasteiger partial charge in [0.1, 0.15) is 11.8 Å². The number of benzene rings is 1. The molecule has 0 radical (unpaired) electrons. The Morgan fingerprint density at radius 1 is 1.25 bits per heavy atom. The molecule has 1 aliphatic heterocycles. The van der Waals surface area contributed by atoms with Crippen LogP contribution in [-0.2, 0) is 19.6 Å². The zero-order valence-corrected chi connectivity index (χ0v) is 17.5. The summed E-state index contributed by atoms with van der Waals surface area (Å²) in [6.07, 6.45) is 2.71. The van der Waals surface area contributed by atoms with Gasteiger partial charge in [0, 0.05) is 26.3 Å². The predicted molar refractivity (Wildman–Crippen MR) is 108 cm³/mol. The van der Waals surface area contributed by atoms with E-state index in [1.807, 2.05) is 6.92 Å². The average molecular weight is 412 g/mol. The number of hydrogen-bond donors (Lipinski definition) is 1. The monoisotopic (exact) mass is 411 g/mol. The van der Waals surface area contributed by atoms with Gasteiger partial charge in [-0.2, -0.15) is 4.31 Å². The highest BCUT2D eigenvalue weighted by Gasteiger charge is 2.37. The third-order valence-electron chi connectivity index (χ3n) is 4.60. The maximum Gasteiger partial charge on any atom is 0.259 e. The minimum Gasteiger partial charge on any atom is -0.484 e. The molecule has 1 N–H and O–H groups in total. The van der Waals surface area contributed by atoms with E-state index >= 15 is 0 Å². The molecule has 156 valence electrons. The van der Waals surface area contributed by atoms with Gasteiger partial charge in [0.05, 0.1) is 5.75 Å². The fourth-order valence-corrected chi connectivity index (χ4v) is 4.67. The first-order chi connectivity index (χ1) is 13.2. The molecule has 1 heterocycles. The molecule has 28 heavy (non-hydrogen) atoms. The number of anilines is 1. The van der Waals surface area contributed by atoms with Crippen molar-refractivity contribution in [2.24, 2.45) is 0 Å². The number of carbonyl (C=O) groups is 2. The molecule has 1 atom stereocenters. The number of amides is 2. The Bertz CT molecular complexity index is 777. The van der Waals surface area contributed by atoms with E-state index in [1.54, 1.807) is 38.4 Å². The number of hydrogen-bond acceptors (Lipinski definition) is 5. The molecule has 9 heteroatoms. The lowest BCUT2D eigenvalue weighted by atomic mass is 10.1. The Morgan fingerprint density at radius 3 is 2.46 bits per heavy atom. The third-order valence-corrected chi connectivity index (χ3v) is 6.56. The summed E-state index contributed by atoms with van der Waals surface area (Å²) >= 11 is 0. The molecule has 0 aliphatic carbocycles. The minimum absolute atomic E-state index is 0.0649. The Labute approximate surface area is 166 Å². The summed E-state index contributed by atoms with van der Waals surface area (Å²) in [5.41, 5.74) is 0.550. The average Bonchev–Trinajstić information content (AvgIpc) is 3.00. The second-order valence-corrected chi connectivity index (χ2v) is 9.07. The molecular weight excluding hydrogens is 382 g/mol. The molecule has 2 rings (SSSR count). The Kier molecular flexibility index (Phi) is 7.82. The first kappa shape index (κ1) is 22.2. The molecule has 2 amide bonds. The SMILES string of the molecule is CCCC[C@@H](C(=O)Nc1ccc(OCC(=O)N(C)C)cc1)N1CCCS1(=O)=O. The molecule has 1 saturated heterocycles. The van der Waals surface area contributed by atoms with Gasteiger partial charge in [-0.15, -0.1) is 0 Å². The Balaban J connectivity index is 2.01. The van der Waals surface area contributed by atoms with Crippen LogP contribution in [0.1, 0.15) is 32.6 Å². The molecule has 0 spiro atoms. The molecule has 1 aliphatic rings. The van der Waals surface area contributed by atoms with Crippen molar-refractivity contribution in [3.63, 3.8) is 0 Å². The lowest BCUT2D eigenvalue weighted by molar-refractivity contribution is -0.130. The first-order valence-electron chi connectivity index (χ1n) is 9.48. The normalized spacial score (nSPS) is 17.1. The highest BCUT2D eigenvalue weighted by molar-refractivity contribution is 7.89. The fraction of sp³-hybridized carbons (Fsp3) is 0.579. The molecule has 0 bridgehead atoms. The van der Waals surface area contributed by atoms with Crippen LogP contribution in [0.4, 0.5) is 5.69 Å². The zero-order valence-electron chi connectivity index (χ0n) is 16.7. The van der Waals surface area contributed by atoms with E-state index in [4.69, 9.17) is 4.74 Å². The molecule has 1 aromatic carbocycles. The van der Waals surface area contributed by atoms with Gasteiger partial charge in [0.15, 0.2) is 6.61 Å². The number of sulfonamides is 1. The highest BCUT2D eigenvalue weighted by Crippen LogP contribution is 2.23. The van der Waals surface area contributed by atoms with Crippen LogP contribution in [0.25, 0.3) is 0 Å². The van der Waals surface area contributed by atoms with E-state index in [-0.39, 0.29) is 24.2 Å². The number of ether oxygens (including phenoxy) is 1. The van der Waals surface area contributed by atoms with E-state index in [0.29, 0.717) is 30.8 Å². The smallest absolute Gasteiger partial charge is 0.259 e. The summed E-state index contributed by atoms with van der Waals surface area (Å²) in [6, 6.07) is 5.96. The second kappa shape index (κ2) is 9.88. The number of nitrogens with zero attached hydrogens (tertiary/aromatic N) is 2. The predicted octanol–water partition coefficient (Wildman–Crippen LogP) is 1.69. The van der Waals surface area contributed by atoms with Crippen LogP contribution < -0.4 is 10.1 Å². The van der Waals surface area contributed by atoms with E-state index < -0.39 is 16.1 Å². The van der Waals surface area contributed by atoms with Crippen LogP contribution in [0.2, 0.25) is 0 Å². The van der Waals surface area contributed by atoms with Crippen molar-refractivity contribution in [3.8, 4) is 5.75 Å². The van der Waals surface area contributed by atoms with E-state index in [9.17, 15) is 18.0 Å². The van der Waals surface area contributed by atoms with Crippen molar-refractivity contribution in [2.45, 2.75) is 38.6 Å². The van der Waals surface area contributed by atoms with Crippen LogP contribution >= 0.6 is 0 Å². The summed E-state index contributed by atoms with van der Waals surface area (Å²) in [7, 11) is -0.0615. The molecule has 8 nitrogen and oxygen atoms in total. The van der Waals surface area contributed by atoms with E-state index in [0.717, 1.165) is 12.8 Å². The van der Waals surface area contributed by atoms with Gasteiger partial charge in [0.25, 0.3) is 5.91 Å². The van der Waals surface area contributed by atoms with Crippen LogP contribution in [0.15, 0.2) is 24.3 Å². The minimum atomic E-state index is -3.37. The zero-order chi connectivity index (χ0) is 20.7. The number of likely N-dealkylation sites (N-methyl/N-ethyl adjacent to an activating group) is 1. The van der Waals surface area contributed by atoms with Crippen molar-refractivity contribution in [2.75, 3.05) is 38.3 Å². The largest absolute Gasteiger partial charge is 0.484 e. The van der Waals surface area contributed by atoms with Crippen molar-refractivity contribution >= 4 is 27.5 Å². The fourth-order valence-electron chi connectivity index (χ4n) is 2.95. The summed E-state index contributed by atoms with van der Waals surface area (Å²) in [5.74, 6) is 0.136. The van der Waals surface area contributed by atoms with E-state index in [2.05, 4.69) is 5.32 Å². The van der Waals surface area contributed by atoms with E-state index in [1.165, 1.54) is 9.21 Å². The van der Waals surface area contributed by atoms with Crippen molar-refractivity contribution in [1.29, 1.82) is 0 Å². The Morgan fingerprint density at radius 2 is 1.93 bits per heavy atom. The second-order valence-electron chi connectivity index (χ2n) is 7.03. The number of unbranched alkanes of at least 4 members (excludes halogenated alkanes) is 1. The van der Waals surface area contributed by atoms with Gasteiger partial charge in [-0.3, -0.25) is 9.59 Å². The number of nitrogens with one attached hydrogen (secondary N) is 1. The van der Waals surface area contributed by atoms with Gasteiger partial charge in [-0.25, -0.2) is 8.42 Å². The number of rotatable bonds is 9. The van der Waals surface area contributed by atoms with Crippen molar-refractivity contribution in [3.05, 3.63) is 24.3 Å². The van der Waals surface area contributed by atoms with Crippen LogP contribution in [0.5, 0.6) is 5.75 Å². The summed E-state index contributed by atoms with van der Waals surface area (Å²) in [4.78, 5) is 25.8. The van der Waals surface area contributed by atoms with Gasteiger partial charge < -0.3 is 15.0 Å². The third kappa shape index (κ3) is 5.93. The molecule has 1 fully saturated rings. The van der Waals surface area contributed by atoms with Crippen LogP contribution in [-0.4, -0.2) is 68.5 Å². The van der Waals surface area contributed by atoms with Crippen LogP contribution in [0.3, 0.4) is 0 Å². The summed E-state index contributed by atoms with van der Waals surface area (Å²) < 4.78 is 31.2. The molecule has 0 aromatic heterocycles. The van der Waals surface area contributed by atoms with Gasteiger partial charge >= 0.3 is 0 Å². The quantitative estimate of drug-likeness (QED) is 0.667. The Hall–Kier alpha value is -2.13. The van der Waals surface area contributed by atoms with Crippen molar-refractivity contribution < 1.29 is 22.7 Å². The molecule has 1 aromatic rings. The lowest BCUT2D eigenvalue weighted by Crippen LogP contribution is -2.44. The van der Waals surface area contributed by atoms with Gasteiger partial charge in [-0.1, -0.05) is 19.8 Å². The topological polar surface area (TPSA) is 96.0 Å². The number of carbonyl (C=O) groups excluding carboxylic acids is 2. The van der Waals surface area contributed by atoms with Crippen LogP contribution in [0, 0.1) is 0 Å². The van der Waals surface area contributed by atoms with Crippen molar-refractivity contribution in [1.82, 2.24) is 9.21 Å². The summed E-state index contributed by atoms with van der Waals surface area (Å²) in [6.45, 7) is 2.33. The molecular formula is C19H29N3O5S. The highest BCUT2D eigenvalue weighted by atomic mass is 32.2. The van der Waals surface area contributed by atoms with Gasteiger partial charge in [0.2, 0.25) is 15.9 Å². The van der Waals surface area contributed by atoms with Gasteiger partial charge in [-0.05, 0) is 37.1 Å². The molecule has 0 unspecified atom stereocenters. The molecule has 0 saturated carbocycles. The standard InChI is InChI=1S/C19H29N3O5S/c1-4-5-7-17(22-12-6-13-28(22,25)26)19(24)20-15-8-10-16(11-9-15)27-14-18(23)21(2)3/h8-11,17H,4-7,12-14H2,1-3H3,(H,20,24)/t17-/m0/s1.